The predicted molar refractivity (Wildman–Crippen MR) is 100 cm³/mol. The summed E-state index contributed by atoms with van der Waals surface area (Å²) in [6, 6.07) is 2.12. The van der Waals surface area contributed by atoms with E-state index in [0.29, 0.717) is 19.5 Å². The van der Waals surface area contributed by atoms with Crippen LogP contribution in [0.2, 0.25) is 0 Å². The van der Waals surface area contributed by atoms with Gasteiger partial charge in [0.1, 0.15) is 11.6 Å². The molecule has 0 aliphatic carbocycles. The topological polar surface area (TPSA) is 78.4 Å². The molecule has 0 saturated carbocycles. The Labute approximate surface area is 155 Å². The quantitative estimate of drug-likeness (QED) is 0.864. The lowest BCUT2D eigenvalue weighted by Crippen LogP contribution is -2.40. The van der Waals surface area contributed by atoms with Crippen LogP contribution in [-0.4, -0.2) is 59.4 Å². The van der Waals surface area contributed by atoms with Crippen LogP contribution in [0.3, 0.4) is 0 Å². The van der Waals surface area contributed by atoms with Gasteiger partial charge in [-0.25, -0.2) is 9.97 Å². The summed E-state index contributed by atoms with van der Waals surface area (Å²) in [6.07, 6.45) is 4.83. The van der Waals surface area contributed by atoms with Crippen molar-refractivity contribution < 1.29 is 9.59 Å². The van der Waals surface area contributed by atoms with Gasteiger partial charge in [0.2, 0.25) is 11.8 Å². The fraction of sp³-hybridized carbons (Fsp3) is 0.684. The maximum Gasteiger partial charge on any atom is 0.224 e. The molecule has 7 nitrogen and oxygen atoms in total. The molecule has 3 rings (SSSR count). The summed E-state index contributed by atoms with van der Waals surface area (Å²) in [4.78, 5) is 36.9. The monoisotopic (exact) mass is 359 g/mol. The van der Waals surface area contributed by atoms with Crippen molar-refractivity contribution in [3.05, 3.63) is 17.6 Å². The van der Waals surface area contributed by atoms with Crippen molar-refractivity contribution in [3.8, 4) is 0 Å². The number of carbonyl (C=O) groups is 2. The van der Waals surface area contributed by atoms with Gasteiger partial charge in [-0.05, 0) is 32.6 Å². The smallest absolute Gasteiger partial charge is 0.224 e. The minimum absolute atomic E-state index is 0.0970. The first-order chi connectivity index (χ1) is 12.5. The summed E-state index contributed by atoms with van der Waals surface area (Å²) < 4.78 is 0. The van der Waals surface area contributed by atoms with Gasteiger partial charge in [0.15, 0.2) is 0 Å². The first kappa shape index (κ1) is 18.6. The van der Waals surface area contributed by atoms with Crippen molar-refractivity contribution in [1.29, 1.82) is 0 Å². The molecule has 0 aromatic carbocycles. The number of hydrogen-bond acceptors (Lipinski definition) is 5. The molecule has 2 amide bonds. The second-order valence-corrected chi connectivity index (χ2v) is 7.30. The highest BCUT2D eigenvalue weighted by atomic mass is 16.2. The maximum atomic E-state index is 12.4. The zero-order valence-electron chi connectivity index (χ0n) is 15.8. The Kier molecular flexibility index (Phi) is 6.06. The molecule has 0 spiro atoms. The minimum Gasteiger partial charge on any atom is -0.357 e. The fourth-order valence-corrected chi connectivity index (χ4v) is 3.84. The average molecular weight is 359 g/mol. The number of piperidine rings is 1. The lowest BCUT2D eigenvalue weighted by atomic mass is 9.94. The molecule has 1 atom stereocenters. The van der Waals surface area contributed by atoms with Gasteiger partial charge in [-0.1, -0.05) is 0 Å². The fourth-order valence-electron chi connectivity index (χ4n) is 3.84. The van der Waals surface area contributed by atoms with Crippen molar-refractivity contribution in [2.24, 2.45) is 0 Å². The van der Waals surface area contributed by atoms with Gasteiger partial charge in [0.05, 0.1) is 5.69 Å². The maximum absolute atomic E-state index is 12.4. The third kappa shape index (κ3) is 4.71. The number of aromatic nitrogens is 2. The molecule has 3 heterocycles. The van der Waals surface area contributed by atoms with Crippen LogP contribution >= 0.6 is 0 Å². The third-order valence-electron chi connectivity index (χ3n) is 5.18. The summed E-state index contributed by atoms with van der Waals surface area (Å²) in [5, 5.41) is 2.69. The third-order valence-corrected chi connectivity index (χ3v) is 5.18. The predicted octanol–water partition coefficient (Wildman–Crippen LogP) is 1.62. The van der Waals surface area contributed by atoms with Crippen LogP contribution in [0.1, 0.15) is 56.5 Å². The lowest BCUT2D eigenvalue weighted by molar-refractivity contribution is -0.132. The molecule has 7 heteroatoms. The van der Waals surface area contributed by atoms with E-state index in [1.54, 1.807) is 0 Å². The van der Waals surface area contributed by atoms with Crippen LogP contribution in [0.5, 0.6) is 0 Å². The number of nitrogens with one attached hydrogen (secondary N) is 1. The van der Waals surface area contributed by atoms with Crippen molar-refractivity contribution in [2.75, 3.05) is 37.6 Å². The molecule has 142 valence electrons. The summed E-state index contributed by atoms with van der Waals surface area (Å²) in [5.41, 5.74) is 1.05. The van der Waals surface area contributed by atoms with Crippen LogP contribution < -0.4 is 10.2 Å². The van der Waals surface area contributed by atoms with E-state index in [-0.39, 0.29) is 17.7 Å². The number of aryl methyl sites for hydroxylation is 1. The summed E-state index contributed by atoms with van der Waals surface area (Å²) in [5.74, 6) is 2.10. The lowest BCUT2D eigenvalue weighted by Gasteiger charge is -2.33. The molecule has 1 aromatic rings. The van der Waals surface area contributed by atoms with E-state index in [1.807, 2.05) is 11.8 Å². The Morgan fingerprint density at radius 2 is 1.96 bits per heavy atom. The molecule has 26 heavy (non-hydrogen) atoms. The Hall–Kier alpha value is -2.18. The van der Waals surface area contributed by atoms with Crippen LogP contribution in [0.15, 0.2) is 6.07 Å². The summed E-state index contributed by atoms with van der Waals surface area (Å²) >= 11 is 0. The Morgan fingerprint density at radius 3 is 2.69 bits per heavy atom. The molecule has 0 bridgehead atoms. The number of anilines is 1. The van der Waals surface area contributed by atoms with Crippen molar-refractivity contribution in [3.63, 3.8) is 0 Å². The number of carbonyl (C=O) groups excluding carboxylic acids is 2. The highest BCUT2D eigenvalue weighted by Crippen LogP contribution is 2.29. The van der Waals surface area contributed by atoms with Crippen molar-refractivity contribution in [1.82, 2.24) is 20.2 Å². The van der Waals surface area contributed by atoms with Crippen molar-refractivity contribution >= 4 is 17.6 Å². The van der Waals surface area contributed by atoms with E-state index in [1.165, 1.54) is 19.8 Å². The van der Waals surface area contributed by atoms with Crippen LogP contribution in [-0.2, 0) is 9.59 Å². The highest BCUT2D eigenvalue weighted by molar-refractivity contribution is 5.78. The second-order valence-electron chi connectivity index (χ2n) is 7.30. The molecule has 0 radical (unpaired) electrons. The normalized spacial score (nSPS) is 20.3. The standard InChI is InChI=1S/C19H29N5O2/c1-14-21-17(12-18(22-14)23-9-3-4-10-23)16-6-5-11-24(13-16)19(26)7-8-20-15(2)25/h12,16H,3-11,13H2,1-2H3,(H,20,25)/t16-/m1/s1. The molecule has 0 unspecified atom stereocenters. The van der Waals surface area contributed by atoms with Gasteiger partial charge in [0, 0.05) is 58.1 Å². The zero-order chi connectivity index (χ0) is 18.5. The Balaban J connectivity index is 1.65. The first-order valence-corrected chi connectivity index (χ1v) is 9.65. The van der Waals surface area contributed by atoms with Gasteiger partial charge in [-0.3, -0.25) is 9.59 Å². The van der Waals surface area contributed by atoms with Crippen LogP contribution in [0.25, 0.3) is 0 Å². The molecular weight excluding hydrogens is 330 g/mol. The van der Waals surface area contributed by atoms with Gasteiger partial charge >= 0.3 is 0 Å². The SMILES string of the molecule is CC(=O)NCCC(=O)N1CCC[C@@H](c2cc(N3CCCC3)nc(C)n2)C1. The highest BCUT2D eigenvalue weighted by Gasteiger charge is 2.26. The van der Waals surface area contributed by atoms with E-state index in [0.717, 1.165) is 49.8 Å². The van der Waals surface area contributed by atoms with Gasteiger partial charge < -0.3 is 15.1 Å². The number of hydrogen-bond donors (Lipinski definition) is 1. The van der Waals surface area contributed by atoms with Gasteiger partial charge in [-0.2, -0.15) is 0 Å². The van der Waals surface area contributed by atoms with Crippen molar-refractivity contribution in [2.45, 2.75) is 51.9 Å². The molecular formula is C19H29N5O2. The zero-order valence-corrected chi connectivity index (χ0v) is 15.8. The Morgan fingerprint density at radius 1 is 1.19 bits per heavy atom. The molecule has 2 aliphatic heterocycles. The average Bonchev–Trinajstić information content (AvgIpc) is 3.15. The minimum atomic E-state index is -0.0970. The van der Waals surface area contributed by atoms with Crippen LogP contribution in [0.4, 0.5) is 5.82 Å². The largest absolute Gasteiger partial charge is 0.357 e. The number of nitrogens with zero attached hydrogens (tertiary/aromatic N) is 4. The molecule has 2 aliphatic rings. The molecule has 1 N–H and O–H groups in total. The summed E-state index contributed by atoms with van der Waals surface area (Å²) in [7, 11) is 0. The number of amides is 2. The van der Waals surface area contributed by atoms with Gasteiger partial charge in [0.25, 0.3) is 0 Å². The van der Waals surface area contributed by atoms with E-state index < -0.39 is 0 Å². The number of likely N-dealkylation sites (tertiary alicyclic amines) is 1. The van der Waals surface area contributed by atoms with Gasteiger partial charge in [-0.15, -0.1) is 0 Å². The van der Waals surface area contributed by atoms with Crippen LogP contribution in [0, 0.1) is 6.92 Å². The summed E-state index contributed by atoms with van der Waals surface area (Å²) in [6.45, 7) is 7.44. The first-order valence-electron chi connectivity index (χ1n) is 9.65. The number of rotatable bonds is 5. The molecule has 1 aromatic heterocycles. The van der Waals surface area contributed by atoms with E-state index >= 15 is 0 Å². The van der Waals surface area contributed by atoms with E-state index in [2.05, 4.69) is 26.3 Å². The van der Waals surface area contributed by atoms with E-state index in [9.17, 15) is 9.59 Å². The molecule has 2 saturated heterocycles. The Bertz CT molecular complexity index is 657. The second kappa shape index (κ2) is 8.47. The molecule has 2 fully saturated rings. The van der Waals surface area contributed by atoms with E-state index in [4.69, 9.17) is 0 Å².